The van der Waals surface area contributed by atoms with Crippen LogP contribution in [0.4, 0.5) is 0 Å². The van der Waals surface area contributed by atoms with Crippen LogP contribution in [0.15, 0.2) is 42.6 Å². The predicted octanol–water partition coefficient (Wildman–Crippen LogP) is 4.07. The molecule has 0 saturated carbocycles. The van der Waals surface area contributed by atoms with E-state index in [4.69, 9.17) is 18.9 Å². The molecule has 4 rings (SSSR count). The summed E-state index contributed by atoms with van der Waals surface area (Å²) in [6.07, 6.45) is 2.07. The first-order valence-electron chi connectivity index (χ1n) is 8.67. The zero-order valence-corrected chi connectivity index (χ0v) is 16.1. The molecular formula is C22H22NO4+. The number of fused-ring (bicyclic) bond motifs is 4. The van der Waals surface area contributed by atoms with Gasteiger partial charge in [-0.25, -0.2) is 0 Å². The monoisotopic (exact) mass is 364 g/mol. The summed E-state index contributed by atoms with van der Waals surface area (Å²) in [5.41, 5.74) is 2.17. The van der Waals surface area contributed by atoms with E-state index in [9.17, 15) is 0 Å². The van der Waals surface area contributed by atoms with Crippen LogP contribution in [0.5, 0.6) is 23.0 Å². The van der Waals surface area contributed by atoms with Crippen LogP contribution in [-0.2, 0) is 0 Å². The Labute approximate surface area is 157 Å². The molecule has 0 aliphatic carbocycles. The van der Waals surface area contributed by atoms with Gasteiger partial charge in [0.05, 0.1) is 39.2 Å². The predicted molar refractivity (Wildman–Crippen MR) is 106 cm³/mol. The highest BCUT2D eigenvalue weighted by Crippen LogP contribution is 2.38. The van der Waals surface area contributed by atoms with Crippen LogP contribution in [0.25, 0.3) is 27.1 Å². The quantitative estimate of drug-likeness (QED) is 0.311. The number of nitrogens with zero attached hydrogens (tertiary/aromatic N) is 1. The molecule has 2 aromatic carbocycles. The molecule has 4 aromatic rings. The minimum Gasteiger partial charge on any atom is -0.493 e. The van der Waals surface area contributed by atoms with Crippen molar-refractivity contribution in [3.8, 4) is 23.0 Å². The van der Waals surface area contributed by atoms with Crippen molar-refractivity contribution >= 4 is 27.1 Å². The summed E-state index contributed by atoms with van der Waals surface area (Å²) in [6, 6.07) is 12.3. The fraction of sp³-hybridized carbons (Fsp3) is 0.227. The van der Waals surface area contributed by atoms with Gasteiger partial charge in [0.25, 0.3) is 0 Å². The van der Waals surface area contributed by atoms with Crippen molar-refractivity contribution < 1.29 is 23.3 Å². The van der Waals surface area contributed by atoms with E-state index in [0.29, 0.717) is 5.75 Å². The lowest BCUT2D eigenvalue weighted by Crippen LogP contribution is -2.26. The highest BCUT2D eigenvalue weighted by atomic mass is 16.5. The molecule has 0 aliphatic heterocycles. The summed E-state index contributed by atoms with van der Waals surface area (Å²) < 4.78 is 24.2. The normalized spacial score (nSPS) is 11.1. The number of aromatic nitrogens is 1. The standard InChI is InChI=1S/C22H22NO4/c1-13-21-15(6-7-18(24-2)22(21)27-5)10-17-16-12-20(26-4)19(25-3)11-14(16)8-9-23(13)17/h6-12H,1-5H3/q+1. The molecule has 0 radical (unpaired) electrons. The second-order valence-corrected chi connectivity index (χ2v) is 6.36. The largest absolute Gasteiger partial charge is 0.493 e. The van der Waals surface area contributed by atoms with Gasteiger partial charge in [0.1, 0.15) is 0 Å². The summed E-state index contributed by atoms with van der Waals surface area (Å²) >= 11 is 0. The molecule has 2 heterocycles. The first-order valence-corrected chi connectivity index (χ1v) is 8.67. The number of hydrogen-bond donors (Lipinski definition) is 0. The molecule has 0 spiro atoms. The Kier molecular flexibility index (Phi) is 4.15. The number of hydrogen-bond acceptors (Lipinski definition) is 4. The third-order valence-electron chi connectivity index (χ3n) is 5.09. The Bertz CT molecular complexity index is 1180. The minimum absolute atomic E-state index is 0.711. The van der Waals surface area contributed by atoms with Crippen molar-refractivity contribution in [3.05, 3.63) is 48.3 Å². The van der Waals surface area contributed by atoms with Gasteiger partial charge in [-0.1, -0.05) is 0 Å². The molecule has 5 heteroatoms. The molecular weight excluding hydrogens is 342 g/mol. The van der Waals surface area contributed by atoms with Crippen molar-refractivity contribution in [1.82, 2.24) is 0 Å². The summed E-state index contributed by atoms with van der Waals surface area (Å²) in [4.78, 5) is 0. The van der Waals surface area contributed by atoms with E-state index in [1.807, 2.05) is 18.2 Å². The second-order valence-electron chi connectivity index (χ2n) is 6.36. The second kappa shape index (κ2) is 6.50. The van der Waals surface area contributed by atoms with Crippen LogP contribution in [0, 0.1) is 6.92 Å². The molecule has 0 aliphatic rings. The smallest absolute Gasteiger partial charge is 0.219 e. The molecule has 27 heavy (non-hydrogen) atoms. The van der Waals surface area contributed by atoms with Gasteiger partial charge in [0.15, 0.2) is 34.9 Å². The van der Waals surface area contributed by atoms with Crippen LogP contribution in [0.1, 0.15) is 5.69 Å². The third kappa shape index (κ3) is 2.50. The number of pyridine rings is 2. The van der Waals surface area contributed by atoms with E-state index in [-0.39, 0.29) is 0 Å². The van der Waals surface area contributed by atoms with E-state index in [2.05, 4.69) is 35.7 Å². The van der Waals surface area contributed by atoms with Crippen molar-refractivity contribution in [2.75, 3.05) is 28.4 Å². The van der Waals surface area contributed by atoms with Crippen molar-refractivity contribution in [2.24, 2.45) is 0 Å². The van der Waals surface area contributed by atoms with Crippen LogP contribution >= 0.6 is 0 Å². The molecule has 0 fully saturated rings. The molecule has 0 saturated heterocycles. The summed E-state index contributed by atoms with van der Waals surface area (Å²) in [6.45, 7) is 2.09. The van der Waals surface area contributed by atoms with Gasteiger partial charge in [-0.15, -0.1) is 0 Å². The molecule has 2 aromatic heterocycles. The van der Waals surface area contributed by atoms with Crippen molar-refractivity contribution in [3.63, 3.8) is 0 Å². The molecule has 0 unspecified atom stereocenters. The van der Waals surface area contributed by atoms with E-state index >= 15 is 0 Å². The fourth-order valence-corrected chi connectivity index (χ4v) is 3.76. The molecule has 0 bridgehead atoms. The summed E-state index contributed by atoms with van der Waals surface area (Å²) in [5.74, 6) is 2.90. The van der Waals surface area contributed by atoms with Crippen molar-refractivity contribution in [2.45, 2.75) is 6.92 Å². The molecule has 0 atom stereocenters. The van der Waals surface area contributed by atoms with Gasteiger partial charge in [0.2, 0.25) is 5.52 Å². The minimum atomic E-state index is 0.711. The van der Waals surface area contributed by atoms with E-state index < -0.39 is 0 Å². The number of ether oxygens (including phenoxy) is 4. The molecule has 0 amide bonds. The van der Waals surface area contributed by atoms with Crippen LogP contribution in [0.2, 0.25) is 0 Å². The van der Waals surface area contributed by atoms with E-state index in [1.165, 1.54) is 0 Å². The number of aryl methyl sites for hydroxylation is 1. The maximum atomic E-state index is 5.66. The van der Waals surface area contributed by atoms with Crippen LogP contribution < -0.4 is 23.3 Å². The average molecular weight is 364 g/mol. The van der Waals surface area contributed by atoms with Crippen molar-refractivity contribution in [1.29, 1.82) is 0 Å². The highest BCUT2D eigenvalue weighted by Gasteiger charge is 2.21. The zero-order chi connectivity index (χ0) is 19.1. The van der Waals surface area contributed by atoms with Gasteiger partial charge in [0, 0.05) is 19.1 Å². The topological polar surface area (TPSA) is 41.0 Å². The number of methoxy groups -OCH3 is 4. The first kappa shape index (κ1) is 17.2. The SMILES string of the molecule is COc1cc2cc[n+]3c(C)c4c(OC)c(OC)ccc4cc3c2cc1OC. The summed E-state index contributed by atoms with van der Waals surface area (Å²) in [5, 5.41) is 4.31. The number of benzene rings is 2. The zero-order valence-electron chi connectivity index (χ0n) is 16.1. The Morgan fingerprint density at radius 1 is 0.704 bits per heavy atom. The maximum Gasteiger partial charge on any atom is 0.219 e. The Morgan fingerprint density at radius 2 is 1.41 bits per heavy atom. The maximum absolute atomic E-state index is 5.66. The van der Waals surface area contributed by atoms with Crippen LogP contribution in [-0.4, -0.2) is 28.4 Å². The lowest BCUT2D eigenvalue weighted by atomic mass is 10.0. The Balaban J connectivity index is 2.16. The van der Waals surface area contributed by atoms with Gasteiger partial charge in [-0.3, -0.25) is 0 Å². The fourth-order valence-electron chi connectivity index (χ4n) is 3.76. The molecule has 5 nitrogen and oxygen atoms in total. The lowest BCUT2D eigenvalue weighted by Gasteiger charge is -2.12. The van der Waals surface area contributed by atoms with Crippen LogP contribution in [0.3, 0.4) is 0 Å². The number of rotatable bonds is 4. The summed E-state index contributed by atoms with van der Waals surface area (Å²) in [7, 11) is 6.63. The molecule has 138 valence electrons. The van der Waals surface area contributed by atoms with Gasteiger partial charge in [-0.2, -0.15) is 4.40 Å². The van der Waals surface area contributed by atoms with Gasteiger partial charge >= 0.3 is 0 Å². The van der Waals surface area contributed by atoms with E-state index in [1.54, 1.807) is 28.4 Å². The third-order valence-corrected chi connectivity index (χ3v) is 5.09. The first-order chi connectivity index (χ1) is 13.1. The Morgan fingerprint density at radius 3 is 2.07 bits per heavy atom. The van der Waals surface area contributed by atoms with Gasteiger partial charge < -0.3 is 18.9 Å². The average Bonchev–Trinajstić information content (AvgIpc) is 2.71. The van der Waals surface area contributed by atoms with E-state index in [0.717, 1.165) is 50.0 Å². The highest BCUT2D eigenvalue weighted by molar-refractivity contribution is 6.01. The Hall–Kier alpha value is -3.21. The molecule has 0 N–H and O–H groups in total. The lowest BCUT2D eigenvalue weighted by molar-refractivity contribution is -0.516. The van der Waals surface area contributed by atoms with Gasteiger partial charge in [-0.05, 0) is 35.0 Å².